The van der Waals surface area contributed by atoms with Crippen LogP contribution in [0.4, 0.5) is 0 Å². The molecule has 0 aliphatic carbocycles. The van der Waals surface area contributed by atoms with Gasteiger partial charge in [0.2, 0.25) is 11.8 Å². The molecule has 7 heteroatoms. The van der Waals surface area contributed by atoms with Gasteiger partial charge in [0.15, 0.2) is 0 Å². The van der Waals surface area contributed by atoms with Crippen molar-refractivity contribution in [1.82, 2.24) is 20.1 Å². The average molecular weight is 362 g/mol. The van der Waals surface area contributed by atoms with Gasteiger partial charge >= 0.3 is 0 Å². The molecule has 0 saturated carbocycles. The van der Waals surface area contributed by atoms with Crippen molar-refractivity contribution in [1.29, 1.82) is 0 Å². The topological polar surface area (TPSA) is 65.5 Å². The van der Waals surface area contributed by atoms with E-state index in [1.54, 1.807) is 16.2 Å². The van der Waals surface area contributed by atoms with E-state index in [0.717, 1.165) is 15.2 Å². The maximum atomic E-state index is 12.5. The van der Waals surface area contributed by atoms with Crippen LogP contribution in [0, 0.1) is 0 Å². The fraction of sp³-hybridized carbons (Fsp3) is 0.500. The number of carbonyl (C=O) groups is 2. The summed E-state index contributed by atoms with van der Waals surface area (Å²) >= 11 is 1.65. The predicted octanol–water partition coefficient (Wildman–Crippen LogP) is 2.27. The predicted molar refractivity (Wildman–Crippen MR) is 102 cm³/mol. The first kappa shape index (κ1) is 19.3. The Labute approximate surface area is 152 Å². The highest BCUT2D eigenvalue weighted by Gasteiger charge is 2.22. The summed E-state index contributed by atoms with van der Waals surface area (Å²) in [7, 11) is 1.91. The number of carbonyl (C=O) groups excluding carboxylic acids is 2. The maximum Gasteiger partial charge on any atom is 0.239 e. The molecular weight excluding hydrogens is 336 g/mol. The van der Waals surface area contributed by atoms with E-state index in [9.17, 15) is 9.59 Å². The van der Waals surface area contributed by atoms with Crippen molar-refractivity contribution < 1.29 is 9.59 Å². The minimum absolute atomic E-state index is 0.0320. The summed E-state index contributed by atoms with van der Waals surface area (Å²) in [6, 6.07) is 8.06. The largest absolute Gasteiger partial charge is 0.355 e. The second-order valence-electron chi connectivity index (χ2n) is 5.97. The van der Waals surface area contributed by atoms with Gasteiger partial charge in [0.1, 0.15) is 5.01 Å². The van der Waals surface area contributed by atoms with E-state index in [-0.39, 0.29) is 30.9 Å². The first-order valence-electron chi connectivity index (χ1n) is 8.56. The van der Waals surface area contributed by atoms with E-state index in [2.05, 4.69) is 16.4 Å². The van der Waals surface area contributed by atoms with Crippen molar-refractivity contribution in [3.05, 3.63) is 29.3 Å². The zero-order valence-corrected chi connectivity index (χ0v) is 16.1. The molecule has 0 aliphatic heterocycles. The van der Waals surface area contributed by atoms with Crippen molar-refractivity contribution in [2.45, 2.75) is 26.8 Å². The van der Waals surface area contributed by atoms with Crippen LogP contribution in [0.15, 0.2) is 24.3 Å². The van der Waals surface area contributed by atoms with Crippen LogP contribution in [0.3, 0.4) is 0 Å². The number of hydrogen-bond acceptors (Lipinski definition) is 5. The molecule has 25 heavy (non-hydrogen) atoms. The Hall–Kier alpha value is -1.99. The summed E-state index contributed by atoms with van der Waals surface area (Å²) in [6.07, 6.45) is 0. The molecule has 0 unspecified atom stereocenters. The lowest BCUT2D eigenvalue weighted by molar-refractivity contribution is -0.136. The van der Waals surface area contributed by atoms with Crippen molar-refractivity contribution in [2.75, 3.05) is 33.2 Å². The number of aromatic nitrogens is 1. The Kier molecular flexibility index (Phi) is 6.90. The molecule has 0 spiro atoms. The van der Waals surface area contributed by atoms with Gasteiger partial charge < -0.3 is 10.2 Å². The number of para-hydroxylation sites is 1. The Bertz CT molecular complexity index is 698. The van der Waals surface area contributed by atoms with Gasteiger partial charge in [-0.25, -0.2) is 4.98 Å². The standard InChI is InChI=1S/C18H26N4O2S/c1-5-19-16(23)11-22(6-2)17(24)12-21(4)13(3)18-20-14-9-7-8-10-15(14)25-18/h7-10,13H,5-6,11-12H2,1-4H3,(H,19,23)/t13-/m1/s1. The molecule has 2 aromatic rings. The minimum Gasteiger partial charge on any atom is -0.355 e. The van der Waals surface area contributed by atoms with Crippen molar-refractivity contribution >= 4 is 33.4 Å². The van der Waals surface area contributed by atoms with Crippen LogP contribution >= 0.6 is 11.3 Å². The lowest BCUT2D eigenvalue weighted by atomic mass is 10.3. The quantitative estimate of drug-likeness (QED) is 0.782. The van der Waals surface area contributed by atoms with Gasteiger partial charge in [0, 0.05) is 13.1 Å². The highest BCUT2D eigenvalue weighted by molar-refractivity contribution is 7.18. The number of benzene rings is 1. The van der Waals surface area contributed by atoms with E-state index in [0.29, 0.717) is 13.1 Å². The van der Waals surface area contributed by atoms with Gasteiger partial charge in [-0.2, -0.15) is 0 Å². The molecule has 1 heterocycles. The Morgan fingerprint density at radius 3 is 2.60 bits per heavy atom. The summed E-state index contributed by atoms with van der Waals surface area (Å²) in [6.45, 7) is 7.23. The number of nitrogens with zero attached hydrogens (tertiary/aromatic N) is 3. The van der Waals surface area contributed by atoms with Crippen molar-refractivity contribution in [3.8, 4) is 0 Å². The van der Waals surface area contributed by atoms with Gasteiger partial charge in [-0.3, -0.25) is 14.5 Å². The zero-order chi connectivity index (χ0) is 18.4. The monoisotopic (exact) mass is 362 g/mol. The molecule has 136 valence electrons. The number of nitrogens with one attached hydrogen (secondary N) is 1. The molecule has 2 rings (SSSR count). The van der Waals surface area contributed by atoms with Gasteiger partial charge in [0.05, 0.1) is 29.3 Å². The fourth-order valence-corrected chi connectivity index (χ4v) is 3.59. The summed E-state index contributed by atoms with van der Waals surface area (Å²) in [5.74, 6) is -0.177. The first-order chi connectivity index (χ1) is 12.0. The second kappa shape index (κ2) is 8.92. The molecule has 0 bridgehead atoms. The summed E-state index contributed by atoms with van der Waals surface area (Å²) in [5, 5.41) is 3.72. The molecule has 1 atom stereocenters. The van der Waals surface area contributed by atoms with Gasteiger partial charge in [-0.15, -0.1) is 11.3 Å². The number of rotatable bonds is 8. The Balaban J connectivity index is 2.00. The molecule has 6 nitrogen and oxygen atoms in total. The molecule has 1 aromatic carbocycles. The Morgan fingerprint density at radius 1 is 1.24 bits per heavy atom. The Morgan fingerprint density at radius 2 is 1.96 bits per heavy atom. The first-order valence-corrected chi connectivity index (χ1v) is 9.38. The van der Waals surface area contributed by atoms with Gasteiger partial charge in [0.25, 0.3) is 0 Å². The average Bonchev–Trinajstić information content (AvgIpc) is 3.03. The highest BCUT2D eigenvalue weighted by Crippen LogP contribution is 2.28. The second-order valence-corrected chi connectivity index (χ2v) is 7.03. The molecular formula is C18H26N4O2S. The van der Waals surface area contributed by atoms with E-state index < -0.39 is 0 Å². The minimum atomic E-state index is -0.125. The van der Waals surface area contributed by atoms with E-state index >= 15 is 0 Å². The highest BCUT2D eigenvalue weighted by atomic mass is 32.1. The van der Waals surface area contributed by atoms with Crippen LogP contribution in [0.25, 0.3) is 10.2 Å². The smallest absolute Gasteiger partial charge is 0.239 e. The van der Waals surface area contributed by atoms with E-state index in [1.807, 2.05) is 50.9 Å². The molecule has 0 saturated heterocycles. The molecule has 0 aliphatic rings. The van der Waals surface area contributed by atoms with Crippen LogP contribution in [0.2, 0.25) is 0 Å². The summed E-state index contributed by atoms with van der Waals surface area (Å²) < 4.78 is 1.15. The van der Waals surface area contributed by atoms with Gasteiger partial charge in [-0.05, 0) is 40.0 Å². The van der Waals surface area contributed by atoms with Crippen LogP contribution in [0.1, 0.15) is 31.8 Å². The van der Waals surface area contributed by atoms with E-state index in [4.69, 9.17) is 0 Å². The zero-order valence-electron chi connectivity index (χ0n) is 15.3. The van der Waals surface area contributed by atoms with Crippen LogP contribution in [-0.4, -0.2) is 59.8 Å². The molecule has 1 N–H and O–H groups in total. The van der Waals surface area contributed by atoms with Crippen LogP contribution in [0.5, 0.6) is 0 Å². The number of thiazole rings is 1. The fourth-order valence-electron chi connectivity index (χ4n) is 2.51. The third kappa shape index (κ3) is 4.99. The van der Waals surface area contributed by atoms with Crippen molar-refractivity contribution in [2.24, 2.45) is 0 Å². The van der Waals surface area contributed by atoms with Gasteiger partial charge in [-0.1, -0.05) is 12.1 Å². The maximum absolute atomic E-state index is 12.5. The number of fused-ring (bicyclic) bond motifs is 1. The number of amides is 2. The van der Waals surface area contributed by atoms with Crippen LogP contribution in [-0.2, 0) is 9.59 Å². The third-order valence-electron chi connectivity index (χ3n) is 4.16. The van der Waals surface area contributed by atoms with Crippen LogP contribution < -0.4 is 5.32 Å². The lowest BCUT2D eigenvalue weighted by Gasteiger charge is -2.26. The van der Waals surface area contributed by atoms with E-state index in [1.165, 1.54) is 0 Å². The number of likely N-dealkylation sites (N-methyl/N-ethyl adjacent to an activating group) is 3. The summed E-state index contributed by atoms with van der Waals surface area (Å²) in [4.78, 5) is 32.5. The molecule has 0 fully saturated rings. The SMILES string of the molecule is CCNC(=O)CN(CC)C(=O)CN(C)[C@H](C)c1nc2ccccc2s1. The summed E-state index contributed by atoms with van der Waals surface area (Å²) in [5.41, 5.74) is 0.987. The molecule has 1 aromatic heterocycles. The third-order valence-corrected chi connectivity index (χ3v) is 5.36. The molecule has 0 radical (unpaired) electrons. The lowest BCUT2D eigenvalue weighted by Crippen LogP contribution is -2.44. The molecule has 2 amide bonds. The van der Waals surface area contributed by atoms with Crippen molar-refractivity contribution in [3.63, 3.8) is 0 Å². The normalized spacial score (nSPS) is 12.4. The number of hydrogen-bond donors (Lipinski definition) is 1.